The van der Waals surface area contributed by atoms with Crippen molar-refractivity contribution >= 4 is 17.7 Å². The number of carboxylic acid groups (broad SMARTS) is 1. The molecule has 0 aliphatic carbocycles. The molecule has 1 aromatic rings. The highest BCUT2D eigenvalue weighted by Gasteiger charge is 2.38. The summed E-state index contributed by atoms with van der Waals surface area (Å²) in [5.41, 5.74) is 0.593. The average Bonchev–Trinajstić information content (AvgIpc) is 3.04. The van der Waals surface area contributed by atoms with Crippen molar-refractivity contribution in [2.24, 2.45) is 5.92 Å². The van der Waals surface area contributed by atoms with E-state index in [9.17, 15) is 9.59 Å². The highest BCUT2D eigenvalue weighted by Crippen LogP contribution is 2.34. The fraction of sp³-hybridized carbons (Fsp3) is 0.429. The van der Waals surface area contributed by atoms with E-state index in [4.69, 9.17) is 14.6 Å². The first kappa shape index (κ1) is 13.5. The van der Waals surface area contributed by atoms with E-state index in [1.807, 2.05) is 0 Å². The van der Waals surface area contributed by atoms with E-state index in [2.05, 4.69) is 5.32 Å². The molecule has 3 rings (SSSR count). The van der Waals surface area contributed by atoms with Crippen LogP contribution in [-0.2, 0) is 4.79 Å². The molecule has 2 amide bonds. The number of nitrogens with zero attached hydrogens (tertiary/aromatic N) is 1. The molecule has 2 N–H and O–H groups in total. The van der Waals surface area contributed by atoms with Crippen molar-refractivity contribution in [3.05, 3.63) is 18.2 Å². The van der Waals surface area contributed by atoms with E-state index in [-0.39, 0.29) is 18.9 Å². The van der Waals surface area contributed by atoms with Gasteiger partial charge in [-0.25, -0.2) is 4.79 Å². The predicted octanol–water partition coefficient (Wildman–Crippen LogP) is 1.74. The van der Waals surface area contributed by atoms with E-state index in [0.29, 0.717) is 30.2 Å². The number of carbonyl (C=O) groups is 2. The van der Waals surface area contributed by atoms with Gasteiger partial charge in [-0.15, -0.1) is 0 Å². The van der Waals surface area contributed by atoms with Gasteiger partial charge in [-0.1, -0.05) is 0 Å². The van der Waals surface area contributed by atoms with Crippen LogP contribution in [0.15, 0.2) is 18.2 Å². The Morgan fingerprint density at radius 3 is 2.81 bits per heavy atom. The number of aliphatic carboxylic acids is 1. The number of likely N-dealkylation sites (tertiary alicyclic amines) is 1. The van der Waals surface area contributed by atoms with Crippen molar-refractivity contribution in [3.63, 3.8) is 0 Å². The Morgan fingerprint density at radius 2 is 2.10 bits per heavy atom. The van der Waals surface area contributed by atoms with Crippen LogP contribution < -0.4 is 14.8 Å². The molecular weight excluding hydrogens is 276 g/mol. The van der Waals surface area contributed by atoms with Gasteiger partial charge in [0.2, 0.25) is 6.79 Å². The summed E-state index contributed by atoms with van der Waals surface area (Å²) in [5.74, 6) is -0.132. The minimum absolute atomic E-state index is 0.177. The molecule has 21 heavy (non-hydrogen) atoms. The van der Waals surface area contributed by atoms with Gasteiger partial charge in [0, 0.05) is 24.3 Å². The van der Waals surface area contributed by atoms with Crippen LogP contribution in [0.4, 0.5) is 10.5 Å². The second-order valence-electron chi connectivity index (χ2n) is 5.17. The maximum absolute atomic E-state index is 12.2. The zero-order valence-electron chi connectivity index (χ0n) is 11.5. The summed E-state index contributed by atoms with van der Waals surface area (Å²) in [7, 11) is 0. The molecule has 7 heteroatoms. The first-order valence-corrected chi connectivity index (χ1v) is 6.76. The number of nitrogens with one attached hydrogen (secondary N) is 1. The van der Waals surface area contributed by atoms with Crippen LogP contribution in [0.5, 0.6) is 11.5 Å². The van der Waals surface area contributed by atoms with Crippen LogP contribution >= 0.6 is 0 Å². The van der Waals surface area contributed by atoms with E-state index < -0.39 is 11.9 Å². The van der Waals surface area contributed by atoms with Crippen LogP contribution in [0.3, 0.4) is 0 Å². The lowest BCUT2D eigenvalue weighted by Crippen LogP contribution is -2.40. The fourth-order valence-electron chi connectivity index (χ4n) is 2.73. The number of anilines is 1. The number of amides is 2. The van der Waals surface area contributed by atoms with Gasteiger partial charge >= 0.3 is 12.0 Å². The Labute approximate surface area is 121 Å². The van der Waals surface area contributed by atoms with Gasteiger partial charge in [-0.05, 0) is 25.5 Å². The fourth-order valence-corrected chi connectivity index (χ4v) is 2.73. The van der Waals surface area contributed by atoms with Gasteiger partial charge < -0.3 is 24.8 Å². The summed E-state index contributed by atoms with van der Waals surface area (Å²) in [4.78, 5) is 24.9. The number of benzene rings is 1. The zero-order valence-corrected chi connectivity index (χ0v) is 11.5. The molecule has 0 bridgehead atoms. The van der Waals surface area contributed by atoms with Crippen molar-refractivity contribution in [1.29, 1.82) is 0 Å². The van der Waals surface area contributed by atoms with Crippen molar-refractivity contribution in [2.45, 2.75) is 19.4 Å². The smallest absolute Gasteiger partial charge is 0.322 e. The van der Waals surface area contributed by atoms with E-state index in [1.165, 1.54) is 0 Å². The minimum Gasteiger partial charge on any atom is -0.481 e. The number of hydrogen-bond donors (Lipinski definition) is 2. The minimum atomic E-state index is -0.860. The topological polar surface area (TPSA) is 88.1 Å². The monoisotopic (exact) mass is 292 g/mol. The summed E-state index contributed by atoms with van der Waals surface area (Å²) < 4.78 is 10.5. The normalized spacial score (nSPS) is 23.2. The number of ether oxygens (including phenoxy) is 2. The lowest BCUT2D eigenvalue weighted by molar-refractivity contribution is -0.142. The SMILES string of the molecule is CC1C(C(=O)O)CCN1C(=O)Nc1ccc2c(c1)OCO2. The van der Waals surface area contributed by atoms with E-state index >= 15 is 0 Å². The zero-order chi connectivity index (χ0) is 15.0. The average molecular weight is 292 g/mol. The third-order valence-electron chi connectivity index (χ3n) is 3.96. The number of fused-ring (bicyclic) bond motifs is 1. The third kappa shape index (κ3) is 2.46. The number of carboxylic acids is 1. The molecule has 2 aliphatic rings. The number of carbonyl (C=O) groups excluding carboxylic acids is 1. The highest BCUT2D eigenvalue weighted by molar-refractivity contribution is 5.90. The molecule has 0 spiro atoms. The molecule has 0 radical (unpaired) electrons. The molecule has 2 atom stereocenters. The van der Waals surface area contributed by atoms with Crippen LogP contribution in [-0.4, -0.2) is 41.4 Å². The Balaban J connectivity index is 1.68. The van der Waals surface area contributed by atoms with E-state index in [1.54, 1.807) is 30.0 Å². The highest BCUT2D eigenvalue weighted by atomic mass is 16.7. The first-order valence-electron chi connectivity index (χ1n) is 6.76. The van der Waals surface area contributed by atoms with Gasteiger partial charge in [-0.3, -0.25) is 4.79 Å². The standard InChI is InChI=1S/C14H16N2O5/c1-8-10(13(17)18)4-5-16(8)14(19)15-9-2-3-11-12(6-9)21-7-20-11/h2-3,6,8,10H,4-5,7H2,1H3,(H,15,19)(H,17,18). The van der Waals surface area contributed by atoms with Gasteiger partial charge in [0.1, 0.15) is 0 Å². The summed E-state index contributed by atoms with van der Waals surface area (Å²) in [6.45, 7) is 2.37. The Bertz CT molecular complexity index is 589. The number of hydrogen-bond acceptors (Lipinski definition) is 4. The number of rotatable bonds is 2. The van der Waals surface area contributed by atoms with Crippen LogP contribution in [0, 0.1) is 5.92 Å². The molecule has 112 valence electrons. The van der Waals surface area contributed by atoms with Crippen LogP contribution in [0.1, 0.15) is 13.3 Å². The molecule has 1 fully saturated rings. The van der Waals surface area contributed by atoms with E-state index in [0.717, 1.165) is 0 Å². The van der Waals surface area contributed by atoms with Crippen LogP contribution in [0.2, 0.25) is 0 Å². The summed E-state index contributed by atoms with van der Waals surface area (Å²) in [6, 6.07) is 4.52. The van der Waals surface area contributed by atoms with Crippen molar-refractivity contribution < 1.29 is 24.2 Å². The lowest BCUT2D eigenvalue weighted by atomic mass is 10.0. The predicted molar refractivity (Wildman–Crippen MR) is 73.5 cm³/mol. The van der Waals surface area contributed by atoms with Crippen molar-refractivity contribution in [3.8, 4) is 11.5 Å². The summed E-state index contributed by atoms with van der Waals surface area (Å²) >= 11 is 0. The molecule has 2 aliphatic heterocycles. The Kier molecular flexibility index (Phi) is 3.32. The van der Waals surface area contributed by atoms with Crippen molar-refractivity contribution in [1.82, 2.24) is 4.90 Å². The second-order valence-corrected chi connectivity index (χ2v) is 5.17. The lowest BCUT2D eigenvalue weighted by Gasteiger charge is -2.23. The molecule has 2 heterocycles. The third-order valence-corrected chi connectivity index (χ3v) is 3.96. The van der Waals surface area contributed by atoms with Gasteiger partial charge in [0.15, 0.2) is 11.5 Å². The maximum Gasteiger partial charge on any atom is 0.322 e. The molecule has 0 aromatic heterocycles. The van der Waals surface area contributed by atoms with Gasteiger partial charge in [-0.2, -0.15) is 0 Å². The molecule has 1 saturated heterocycles. The molecule has 2 unspecified atom stereocenters. The molecule has 0 saturated carbocycles. The van der Waals surface area contributed by atoms with Gasteiger partial charge in [0.05, 0.1) is 5.92 Å². The maximum atomic E-state index is 12.2. The quantitative estimate of drug-likeness (QED) is 0.867. The summed E-state index contributed by atoms with van der Waals surface area (Å²) in [6.07, 6.45) is 0.477. The summed E-state index contributed by atoms with van der Waals surface area (Å²) in [5, 5.41) is 11.9. The van der Waals surface area contributed by atoms with Crippen molar-refractivity contribution in [2.75, 3.05) is 18.7 Å². The van der Waals surface area contributed by atoms with Crippen LogP contribution in [0.25, 0.3) is 0 Å². The second kappa shape index (κ2) is 5.16. The Morgan fingerprint density at radius 1 is 1.33 bits per heavy atom. The molecule has 1 aromatic carbocycles. The molecule has 7 nitrogen and oxygen atoms in total. The first-order chi connectivity index (χ1) is 10.1. The Hall–Kier alpha value is -2.44. The van der Waals surface area contributed by atoms with Gasteiger partial charge in [0.25, 0.3) is 0 Å². The molecular formula is C14H16N2O5. The largest absolute Gasteiger partial charge is 0.481 e. The number of urea groups is 1.